The maximum absolute atomic E-state index is 12.5. The molecule has 0 amide bonds. The summed E-state index contributed by atoms with van der Waals surface area (Å²) in [6.45, 7) is 1.83. The molecule has 0 bridgehead atoms. The van der Waals surface area contributed by atoms with Crippen LogP contribution < -0.4 is 5.73 Å². The number of halogens is 2. The van der Waals surface area contributed by atoms with Gasteiger partial charge in [-0.2, -0.15) is 0 Å². The SMILES string of the molecule is CC(N)c1cccc(F)c1.Cl. The normalized spacial score (nSPS) is 11.9. The van der Waals surface area contributed by atoms with E-state index in [-0.39, 0.29) is 24.3 Å². The molecular formula is C8H11ClFN. The van der Waals surface area contributed by atoms with Gasteiger partial charge in [-0.25, -0.2) is 4.39 Å². The Bertz CT molecular complexity index is 225. The fraction of sp³-hybridized carbons (Fsp3) is 0.250. The van der Waals surface area contributed by atoms with Crippen molar-refractivity contribution in [3.05, 3.63) is 35.6 Å². The van der Waals surface area contributed by atoms with Gasteiger partial charge in [0, 0.05) is 6.04 Å². The molecule has 1 atom stereocenters. The first-order valence-electron chi connectivity index (χ1n) is 3.21. The fourth-order valence-corrected chi connectivity index (χ4v) is 0.790. The van der Waals surface area contributed by atoms with E-state index in [1.807, 2.05) is 13.0 Å². The quantitative estimate of drug-likeness (QED) is 0.696. The molecule has 0 spiro atoms. The van der Waals surface area contributed by atoms with Crippen LogP contribution in [0.1, 0.15) is 18.5 Å². The predicted molar refractivity (Wildman–Crippen MR) is 46.3 cm³/mol. The van der Waals surface area contributed by atoms with Gasteiger partial charge >= 0.3 is 0 Å². The first-order chi connectivity index (χ1) is 4.70. The summed E-state index contributed by atoms with van der Waals surface area (Å²) in [5.41, 5.74) is 6.35. The smallest absolute Gasteiger partial charge is 0.123 e. The van der Waals surface area contributed by atoms with Crippen LogP contribution in [0.4, 0.5) is 4.39 Å². The van der Waals surface area contributed by atoms with Gasteiger partial charge in [-0.3, -0.25) is 0 Å². The van der Waals surface area contributed by atoms with Crippen molar-refractivity contribution in [1.82, 2.24) is 0 Å². The Labute approximate surface area is 71.8 Å². The monoisotopic (exact) mass is 175 g/mol. The Morgan fingerprint density at radius 2 is 2.09 bits per heavy atom. The van der Waals surface area contributed by atoms with Gasteiger partial charge in [0.05, 0.1) is 0 Å². The Hall–Kier alpha value is -0.600. The lowest BCUT2D eigenvalue weighted by Crippen LogP contribution is -2.04. The summed E-state index contributed by atoms with van der Waals surface area (Å²) < 4.78 is 12.5. The zero-order valence-corrected chi connectivity index (χ0v) is 7.07. The van der Waals surface area contributed by atoms with Crippen LogP contribution in [0.5, 0.6) is 0 Å². The molecular weight excluding hydrogens is 165 g/mol. The topological polar surface area (TPSA) is 26.0 Å². The molecule has 1 aromatic rings. The number of benzene rings is 1. The van der Waals surface area contributed by atoms with E-state index in [4.69, 9.17) is 5.73 Å². The van der Waals surface area contributed by atoms with Crippen molar-refractivity contribution in [3.8, 4) is 0 Å². The Balaban J connectivity index is 0.000001000. The number of hydrogen-bond donors (Lipinski definition) is 1. The molecule has 0 heterocycles. The molecule has 0 aromatic heterocycles. The molecule has 3 heteroatoms. The lowest BCUT2D eigenvalue weighted by atomic mass is 10.1. The van der Waals surface area contributed by atoms with Crippen LogP contribution in [-0.2, 0) is 0 Å². The molecule has 0 saturated heterocycles. The molecule has 0 aliphatic rings. The number of nitrogens with two attached hydrogens (primary N) is 1. The minimum absolute atomic E-state index is 0. The zero-order valence-electron chi connectivity index (χ0n) is 6.25. The molecule has 0 fully saturated rings. The number of rotatable bonds is 1. The van der Waals surface area contributed by atoms with Gasteiger partial charge in [-0.15, -0.1) is 12.4 Å². The van der Waals surface area contributed by atoms with E-state index in [9.17, 15) is 4.39 Å². The Kier molecular flexibility index (Phi) is 4.08. The van der Waals surface area contributed by atoms with Gasteiger partial charge in [0.15, 0.2) is 0 Å². The highest BCUT2D eigenvalue weighted by Crippen LogP contribution is 2.09. The highest BCUT2D eigenvalue weighted by Gasteiger charge is 1.98. The molecule has 0 radical (unpaired) electrons. The van der Waals surface area contributed by atoms with Gasteiger partial charge in [0.1, 0.15) is 5.82 Å². The van der Waals surface area contributed by atoms with E-state index in [0.29, 0.717) is 0 Å². The second kappa shape index (κ2) is 4.31. The Morgan fingerprint density at radius 3 is 2.45 bits per heavy atom. The van der Waals surface area contributed by atoms with Crippen LogP contribution in [0.2, 0.25) is 0 Å². The molecule has 0 aliphatic carbocycles. The third kappa shape index (κ3) is 2.87. The van der Waals surface area contributed by atoms with Gasteiger partial charge in [-0.05, 0) is 24.6 Å². The third-order valence-corrected chi connectivity index (χ3v) is 1.37. The maximum atomic E-state index is 12.5. The van der Waals surface area contributed by atoms with Crippen molar-refractivity contribution in [2.75, 3.05) is 0 Å². The summed E-state index contributed by atoms with van der Waals surface area (Å²) in [5, 5.41) is 0. The fourth-order valence-electron chi connectivity index (χ4n) is 0.790. The maximum Gasteiger partial charge on any atom is 0.123 e. The lowest BCUT2D eigenvalue weighted by Gasteiger charge is -2.03. The summed E-state index contributed by atoms with van der Waals surface area (Å²) in [5.74, 6) is -0.227. The largest absolute Gasteiger partial charge is 0.324 e. The van der Waals surface area contributed by atoms with E-state index in [2.05, 4.69) is 0 Å². The van der Waals surface area contributed by atoms with E-state index in [0.717, 1.165) is 5.56 Å². The lowest BCUT2D eigenvalue weighted by molar-refractivity contribution is 0.622. The number of hydrogen-bond acceptors (Lipinski definition) is 1. The third-order valence-electron chi connectivity index (χ3n) is 1.37. The average molecular weight is 176 g/mol. The molecule has 62 valence electrons. The van der Waals surface area contributed by atoms with Crippen molar-refractivity contribution in [2.24, 2.45) is 5.73 Å². The first kappa shape index (κ1) is 10.4. The molecule has 2 N–H and O–H groups in total. The zero-order chi connectivity index (χ0) is 7.56. The minimum Gasteiger partial charge on any atom is -0.324 e. The predicted octanol–water partition coefficient (Wildman–Crippen LogP) is 2.27. The van der Waals surface area contributed by atoms with Gasteiger partial charge in [0.2, 0.25) is 0 Å². The summed E-state index contributed by atoms with van der Waals surface area (Å²) in [6.07, 6.45) is 0. The second-order valence-electron chi connectivity index (χ2n) is 2.34. The van der Waals surface area contributed by atoms with Crippen molar-refractivity contribution >= 4 is 12.4 Å². The summed E-state index contributed by atoms with van der Waals surface area (Å²) in [4.78, 5) is 0. The van der Waals surface area contributed by atoms with Crippen molar-refractivity contribution < 1.29 is 4.39 Å². The summed E-state index contributed by atoms with van der Waals surface area (Å²) >= 11 is 0. The molecule has 0 saturated carbocycles. The van der Waals surface area contributed by atoms with Crippen molar-refractivity contribution in [3.63, 3.8) is 0 Å². The van der Waals surface area contributed by atoms with Crippen molar-refractivity contribution in [2.45, 2.75) is 13.0 Å². The minimum atomic E-state index is -0.227. The van der Waals surface area contributed by atoms with Crippen LogP contribution >= 0.6 is 12.4 Å². The van der Waals surface area contributed by atoms with Crippen LogP contribution in [-0.4, -0.2) is 0 Å². The van der Waals surface area contributed by atoms with Gasteiger partial charge < -0.3 is 5.73 Å². The standard InChI is InChI=1S/C8H10FN.ClH/c1-6(10)7-3-2-4-8(9)5-7;/h2-6H,10H2,1H3;1H. The van der Waals surface area contributed by atoms with Gasteiger partial charge in [-0.1, -0.05) is 12.1 Å². The van der Waals surface area contributed by atoms with Crippen molar-refractivity contribution in [1.29, 1.82) is 0 Å². The molecule has 0 aliphatic heterocycles. The van der Waals surface area contributed by atoms with E-state index < -0.39 is 0 Å². The average Bonchev–Trinajstić information content (AvgIpc) is 1.88. The highest BCUT2D eigenvalue weighted by molar-refractivity contribution is 5.85. The molecule has 1 aromatic carbocycles. The van der Waals surface area contributed by atoms with E-state index in [1.165, 1.54) is 12.1 Å². The van der Waals surface area contributed by atoms with Crippen LogP contribution in [0.15, 0.2) is 24.3 Å². The highest BCUT2D eigenvalue weighted by atomic mass is 35.5. The molecule has 1 unspecified atom stereocenters. The molecule has 1 rings (SSSR count). The molecule has 1 nitrogen and oxygen atoms in total. The molecule has 11 heavy (non-hydrogen) atoms. The van der Waals surface area contributed by atoms with Gasteiger partial charge in [0.25, 0.3) is 0 Å². The van der Waals surface area contributed by atoms with Crippen LogP contribution in [0, 0.1) is 5.82 Å². The second-order valence-corrected chi connectivity index (χ2v) is 2.34. The van der Waals surface area contributed by atoms with Crippen LogP contribution in [0.3, 0.4) is 0 Å². The first-order valence-corrected chi connectivity index (χ1v) is 3.21. The van der Waals surface area contributed by atoms with Crippen LogP contribution in [0.25, 0.3) is 0 Å². The summed E-state index contributed by atoms with van der Waals surface area (Å²) in [6, 6.07) is 6.24. The Morgan fingerprint density at radius 1 is 1.45 bits per heavy atom. The van der Waals surface area contributed by atoms with E-state index >= 15 is 0 Å². The van der Waals surface area contributed by atoms with E-state index in [1.54, 1.807) is 6.07 Å². The summed E-state index contributed by atoms with van der Waals surface area (Å²) in [7, 11) is 0.